The van der Waals surface area contributed by atoms with E-state index >= 15 is 0 Å². The number of rotatable bonds is 6. The Kier molecular flexibility index (Phi) is 4.42. The first-order chi connectivity index (χ1) is 8.98. The van der Waals surface area contributed by atoms with Crippen molar-refractivity contribution in [3.63, 3.8) is 0 Å². The molecule has 3 N–H and O–H groups in total. The maximum Gasteiger partial charge on any atom is 0.239 e. The summed E-state index contributed by atoms with van der Waals surface area (Å²) in [6, 6.07) is 0.345. The molecule has 0 aromatic rings. The first-order valence-electron chi connectivity index (χ1n) is 6.98. The van der Waals surface area contributed by atoms with Crippen LogP contribution in [0.15, 0.2) is 0 Å². The molecule has 2 aliphatic rings. The van der Waals surface area contributed by atoms with Gasteiger partial charge in [-0.15, -0.1) is 0 Å². The standard InChI is InChI=1S/C13H24N4O2/c1-13(5-6-14-9-13)15-7-12(19)17(2)8-11(18)16-10-3-4-10/h10,14-15H,3-9H2,1-2H3,(H,16,18). The largest absolute Gasteiger partial charge is 0.352 e. The Labute approximate surface area is 114 Å². The lowest BCUT2D eigenvalue weighted by Crippen LogP contribution is -2.50. The highest BCUT2D eigenvalue weighted by molar-refractivity contribution is 5.85. The molecule has 1 aliphatic heterocycles. The zero-order valence-electron chi connectivity index (χ0n) is 11.8. The van der Waals surface area contributed by atoms with E-state index in [9.17, 15) is 9.59 Å². The fourth-order valence-corrected chi connectivity index (χ4v) is 2.20. The zero-order chi connectivity index (χ0) is 13.9. The first-order valence-corrected chi connectivity index (χ1v) is 6.98. The summed E-state index contributed by atoms with van der Waals surface area (Å²) in [7, 11) is 1.67. The normalized spacial score (nSPS) is 26.2. The number of carbonyl (C=O) groups excluding carboxylic acids is 2. The van der Waals surface area contributed by atoms with Crippen LogP contribution in [0.2, 0.25) is 0 Å². The molecular formula is C13H24N4O2. The monoisotopic (exact) mass is 268 g/mol. The molecule has 6 heteroatoms. The Balaban J connectivity index is 1.67. The van der Waals surface area contributed by atoms with Gasteiger partial charge in [0.1, 0.15) is 0 Å². The molecule has 19 heavy (non-hydrogen) atoms. The summed E-state index contributed by atoms with van der Waals surface area (Å²) in [5, 5.41) is 9.44. The third-order valence-electron chi connectivity index (χ3n) is 3.78. The van der Waals surface area contributed by atoms with E-state index in [0.717, 1.165) is 32.4 Å². The van der Waals surface area contributed by atoms with Crippen LogP contribution >= 0.6 is 0 Å². The van der Waals surface area contributed by atoms with Crippen LogP contribution in [0.25, 0.3) is 0 Å². The van der Waals surface area contributed by atoms with Crippen LogP contribution < -0.4 is 16.0 Å². The van der Waals surface area contributed by atoms with Gasteiger partial charge >= 0.3 is 0 Å². The predicted molar refractivity (Wildman–Crippen MR) is 72.7 cm³/mol. The van der Waals surface area contributed by atoms with Crippen molar-refractivity contribution in [2.24, 2.45) is 0 Å². The van der Waals surface area contributed by atoms with Gasteiger partial charge in [-0.2, -0.15) is 0 Å². The quantitative estimate of drug-likeness (QED) is 0.582. The fraction of sp³-hybridized carbons (Fsp3) is 0.846. The van der Waals surface area contributed by atoms with E-state index in [1.54, 1.807) is 7.05 Å². The number of carbonyl (C=O) groups is 2. The molecule has 0 aromatic heterocycles. The first kappa shape index (κ1) is 14.3. The van der Waals surface area contributed by atoms with Crippen LogP contribution in [0.3, 0.4) is 0 Å². The maximum absolute atomic E-state index is 11.9. The van der Waals surface area contributed by atoms with Gasteiger partial charge in [-0.25, -0.2) is 0 Å². The van der Waals surface area contributed by atoms with Gasteiger partial charge in [0.25, 0.3) is 0 Å². The van der Waals surface area contributed by atoms with Crippen molar-refractivity contribution in [3.05, 3.63) is 0 Å². The molecule has 6 nitrogen and oxygen atoms in total. The minimum Gasteiger partial charge on any atom is -0.352 e. The van der Waals surface area contributed by atoms with Gasteiger partial charge in [-0.1, -0.05) is 0 Å². The molecule has 1 aliphatic carbocycles. The zero-order valence-corrected chi connectivity index (χ0v) is 11.8. The lowest BCUT2D eigenvalue weighted by Gasteiger charge is -2.26. The second-order valence-corrected chi connectivity index (χ2v) is 5.93. The van der Waals surface area contributed by atoms with Gasteiger partial charge in [0.2, 0.25) is 11.8 Å². The number of nitrogens with one attached hydrogen (secondary N) is 3. The molecule has 1 heterocycles. The van der Waals surface area contributed by atoms with E-state index < -0.39 is 0 Å². The summed E-state index contributed by atoms with van der Waals surface area (Å²) in [4.78, 5) is 25.0. The van der Waals surface area contributed by atoms with Gasteiger partial charge in [-0.3, -0.25) is 9.59 Å². The van der Waals surface area contributed by atoms with Gasteiger partial charge < -0.3 is 20.9 Å². The summed E-state index contributed by atoms with van der Waals surface area (Å²) >= 11 is 0. The SMILES string of the molecule is CN(CC(=O)NC1CC1)C(=O)CNC1(C)CCNC1. The summed E-state index contributed by atoms with van der Waals surface area (Å²) in [6.07, 6.45) is 3.15. The molecule has 1 unspecified atom stereocenters. The Morgan fingerprint density at radius 3 is 2.74 bits per heavy atom. The molecular weight excluding hydrogens is 244 g/mol. The number of hydrogen-bond acceptors (Lipinski definition) is 4. The summed E-state index contributed by atoms with van der Waals surface area (Å²) < 4.78 is 0. The van der Waals surface area contributed by atoms with E-state index in [1.807, 2.05) is 0 Å². The van der Waals surface area contributed by atoms with Crippen LogP contribution in [0, 0.1) is 0 Å². The molecule has 0 bridgehead atoms. The van der Waals surface area contributed by atoms with Crippen molar-refractivity contribution in [2.75, 3.05) is 33.2 Å². The van der Waals surface area contributed by atoms with Gasteiger partial charge in [0, 0.05) is 25.2 Å². The van der Waals surface area contributed by atoms with Gasteiger partial charge in [0.05, 0.1) is 13.1 Å². The Morgan fingerprint density at radius 1 is 1.42 bits per heavy atom. The number of hydrogen-bond donors (Lipinski definition) is 3. The lowest BCUT2D eigenvalue weighted by atomic mass is 10.0. The second-order valence-electron chi connectivity index (χ2n) is 5.93. The molecule has 1 saturated heterocycles. The molecule has 1 atom stereocenters. The summed E-state index contributed by atoms with van der Waals surface area (Å²) in [5.74, 6) is -0.105. The van der Waals surface area contributed by atoms with Crippen molar-refractivity contribution >= 4 is 11.8 Å². The average molecular weight is 268 g/mol. The molecule has 2 fully saturated rings. The van der Waals surface area contributed by atoms with Crippen molar-refractivity contribution < 1.29 is 9.59 Å². The smallest absolute Gasteiger partial charge is 0.239 e. The molecule has 2 amide bonds. The van der Waals surface area contributed by atoms with Crippen molar-refractivity contribution in [1.29, 1.82) is 0 Å². The third kappa shape index (κ3) is 4.47. The van der Waals surface area contributed by atoms with E-state index in [1.165, 1.54) is 4.90 Å². The molecule has 0 radical (unpaired) electrons. The number of nitrogens with zero attached hydrogens (tertiary/aromatic N) is 1. The fourth-order valence-electron chi connectivity index (χ4n) is 2.20. The highest BCUT2D eigenvalue weighted by atomic mass is 16.2. The summed E-state index contributed by atoms with van der Waals surface area (Å²) in [5.41, 5.74) is -0.00717. The molecule has 2 rings (SSSR count). The molecule has 0 spiro atoms. The van der Waals surface area contributed by atoms with E-state index in [4.69, 9.17) is 0 Å². The topological polar surface area (TPSA) is 73.5 Å². The van der Waals surface area contributed by atoms with E-state index in [-0.39, 0.29) is 30.4 Å². The average Bonchev–Trinajstić information content (AvgIpc) is 3.06. The molecule has 108 valence electrons. The van der Waals surface area contributed by atoms with E-state index in [2.05, 4.69) is 22.9 Å². The number of amides is 2. The van der Waals surface area contributed by atoms with Crippen molar-refractivity contribution in [3.8, 4) is 0 Å². The van der Waals surface area contributed by atoms with Crippen LogP contribution in [0.1, 0.15) is 26.2 Å². The van der Waals surface area contributed by atoms with Crippen LogP contribution in [-0.4, -0.2) is 61.5 Å². The predicted octanol–water partition coefficient (Wildman–Crippen LogP) is -0.935. The van der Waals surface area contributed by atoms with Crippen molar-refractivity contribution in [2.45, 2.75) is 37.8 Å². The van der Waals surface area contributed by atoms with Crippen molar-refractivity contribution in [1.82, 2.24) is 20.9 Å². The van der Waals surface area contributed by atoms with Gasteiger partial charge in [-0.05, 0) is 32.7 Å². The van der Waals surface area contributed by atoms with Crippen LogP contribution in [0.4, 0.5) is 0 Å². The minimum absolute atomic E-state index is 0.00717. The minimum atomic E-state index is -0.0629. The van der Waals surface area contributed by atoms with Gasteiger partial charge in [0.15, 0.2) is 0 Å². The lowest BCUT2D eigenvalue weighted by molar-refractivity contribution is -0.134. The number of likely N-dealkylation sites (N-methyl/N-ethyl adjacent to an activating group) is 1. The highest BCUT2D eigenvalue weighted by Gasteiger charge is 2.29. The van der Waals surface area contributed by atoms with E-state index in [0.29, 0.717) is 6.04 Å². The van der Waals surface area contributed by atoms with Crippen LogP contribution in [-0.2, 0) is 9.59 Å². The molecule has 0 aromatic carbocycles. The second kappa shape index (κ2) is 5.88. The molecule has 1 saturated carbocycles. The maximum atomic E-state index is 11.9. The highest BCUT2D eigenvalue weighted by Crippen LogP contribution is 2.18. The third-order valence-corrected chi connectivity index (χ3v) is 3.78. The Bertz CT molecular complexity index is 349. The van der Waals surface area contributed by atoms with Crippen LogP contribution in [0.5, 0.6) is 0 Å². The Morgan fingerprint density at radius 2 is 2.16 bits per heavy atom. The Hall–Kier alpha value is -1.14. The summed E-state index contributed by atoms with van der Waals surface area (Å²) in [6.45, 7) is 4.40.